The third-order valence-corrected chi connectivity index (χ3v) is 3.30. The Morgan fingerprint density at radius 3 is 2.27 bits per heavy atom. The highest BCUT2D eigenvalue weighted by atomic mass is 32.1. The monoisotopic (exact) mass is 303 g/mol. The molecular formula is C18H13N3S. The van der Waals surface area contributed by atoms with Crippen LogP contribution in [0.2, 0.25) is 0 Å². The maximum atomic E-state index is 4.38. The van der Waals surface area contributed by atoms with Gasteiger partial charge >= 0.3 is 0 Å². The summed E-state index contributed by atoms with van der Waals surface area (Å²) in [5.41, 5.74) is 3.47. The van der Waals surface area contributed by atoms with Gasteiger partial charge in [-0.1, -0.05) is 11.8 Å². The number of thiol groups is 1. The Morgan fingerprint density at radius 1 is 0.864 bits per heavy atom. The molecule has 3 nitrogen and oxygen atoms in total. The number of nitrogens with zero attached hydrogens (tertiary/aromatic N) is 3. The highest BCUT2D eigenvalue weighted by Crippen LogP contribution is 2.12. The van der Waals surface area contributed by atoms with Crippen LogP contribution in [0.3, 0.4) is 0 Å². The molecule has 0 saturated heterocycles. The summed E-state index contributed by atoms with van der Waals surface area (Å²) in [5.74, 6) is 6.82. The van der Waals surface area contributed by atoms with Gasteiger partial charge in [-0.2, -0.15) is 0 Å². The van der Waals surface area contributed by atoms with Crippen LogP contribution in [0.4, 0.5) is 0 Å². The molecule has 0 N–H and O–H groups in total. The normalized spacial score (nSPS) is 9.91. The molecule has 0 saturated carbocycles. The van der Waals surface area contributed by atoms with E-state index in [1.807, 2.05) is 49.4 Å². The summed E-state index contributed by atoms with van der Waals surface area (Å²) < 4.78 is 0. The average Bonchev–Trinajstić information content (AvgIpc) is 2.55. The molecule has 4 heteroatoms. The van der Waals surface area contributed by atoms with Crippen LogP contribution >= 0.6 is 12.6 Å². The van der Waals surface area contributed by atoms with Crippen molar-refractivity contribution in [3.63, 3.8) is 0 Å². The van der Waals surface area contributed by atoms with E-state index >= 15 is 0 Å². The highest BCUT2D eigenvalue weighted by molar-refractivity contribution is 7.80. The van der Waals surface area contributed by atoms with Gasteiger partial charge in [0, 0.05) is 34.1 Å². The predicted octanol–water partition coefficient (Wildman–Crippen LogP) is 3.54. The molecule has 0 unspecified atom stereocenters. The van der Waals surface area contributed by atoms with Gasteiger partial charge in [-0.3, -0.25) is 4.98 Å². The van der Waals surface area contributed by atoms with Crippen LogP contribution in [-0.4, -0.2) is 15.0 Å². The molecule has 1 aromatic carbocycles. The summed E-state index contributed by atoms with van der Waals surface area (Å²) in [6.07, 6.45) is 3.47. The molecule has 2 heterocycles. The molecular weight excluding hydrogens is 290 g/mol. The van der Waals surface area contributed by atoms with Crippen molar-refractivity contribution >= 4 is 12.6 Å². The van der Waals surface area contributed by atoms with E-state index in [4.69, 9.17) is 0 Å². The topological polar surface area (TPSA) is 38.7 Å². The number of rotatable bonds is 1. The van der Waals surface area contributed by atoms with Gasteiger partial charge in [-0.25, -0.2) is 9.97 Å². The standard InChI is InChI=1S/C18H13N3S/c1-13-10-11-19-18(21-13)17-9-6-15(12-20-17)3-2-14-4-7-16(22)8-5-14/h4-12,22H,1H3. The number of hydrogen-bond acceptors (Lipinski definition) is 4. The van der Waals surface area contributed by atoms with Crippen LogP contribution in [0.25, 0.3) is 11.5 Å². The Hall–Kier alpha value is -2.64. The number of hydrogen-bond donors (Lipinski definition) is 1. The van der Waals surface area contributed by atoms with E-state index in [2.05, 4.69) is 39.4 Å². The Morgan fingerprint density at radius 2 is 1.59 bits per heavy atom. The van der Waals surface area contributed by atoms with E-state index in [0.717, 1.165) is 27.4 Å². The van der Waals surface area contributed by atoms with Crippen LogP contribution in [0, 0.1) is 18.8 Å². The molecule has 0 radical (unpaired) electrons. The fourth-order valence-electron chi connectivity index (χ4n) is 1.86. The van der Waals surface area contributed by atoms with Gasteiger partial charge < -0.3 is 0 Å². The van der Waals surface area contributed by atoms with Crippen molar-refractivity contribution in [2.24, 2.45) is 0 Å². The lowest BCUT2D eigenvalue weighted by Crippen LogP contribution is -1.93. The Labute approximate surface area is 134 Å². The zero-order chi connectivity index (χ0) is 15.4. The van der Waals surface area contributed by atoms with Gasteiger partial charge in [0.2, 0.25) is 0 Å². The second kappa shape index (κ2) is 6.42. The van der Waals surface area contributed by atoms with Crippen molar-refractivity contribution in [3.8, 4) is 23.4 Å². The maximum Gasteiger partial charge on any atom is 0.178 e. The van der Waals surface area contributed by atoms with Crippen molar-refractivity contribution < 1.29 is 0 Å². The molecule has 0 atom stereocenters. The fraction of sp³-hybridized carbons (Fsp3) is 0.0556. The van der Waals surface area contributed by atoms with E-state index < -0.39 is 0 Å². The average molecular weight is 303 g/mol. The van der Waals surface area contributed by atoms with Crippen LogP contribution in [0.1, 0.15) is 16.8 Å². The minimum atomic E-state index is 0.629. The van der Waals surface area contributed by atoms with Gasteiger partial charge in [0.25, 0.3) is 0 Å². The minimum absolute atomic E-state index is 0.629. The smallest absolute Gasteiger partial charge is 0.178 e. The maximum absolute atomic E-state index is 4.38. The van der Waals surface area contributed by atoms with Crippen molar-refractivity contribution in [2.45, 2.75) is 11.8 Å². The molecule has 0 aliphatic heterocycles. The first-order chi connectivity index (χ1) is 10.7. The molecule has 3 aromatic rings. The van der Waals surface area contributed by atoms with E-state index in [9.17, 15) is 0 Å². The van der Waals surface area contributed by atoms with Gasteiger partial charge in [0.05, 0.1) is 0 Å². The summed E-state index contributed by atoms with van der Waals surface area (Å²) >= 11 is 4.25. The second-order valence-corrected chi connectivity index (χ2v) is 5.27. The first-order valence-corrected chi connectivity index (χ1v) is 7.22. The van der Waals surface area contributed by atoms with E-state index in [-0.39, 0.29) is 0 Å². The summed E-state index contributed by atoms with van der Waals surface area (Å²) in [6.45, 7) is 1.93. The van der Waals surface area contributed by atoms with E-state index in [1.165, 1.54) is 0 Å². The quantitative estimate of drug-likeness (QED) is 0.552. The highest BCUT2D eigenvalue weighted by Gasteiger charge is 2.02. The van der Waals surface area contributed by atoms with Gasteiger partial charge in [0.1, 0.15) is 5.69 Å². The molecule has 0 fully saturated rings. The van der Waals surface area contributed by atoms with Crippen LogP contribution in [0.5, 0.6) is 0 Å². The molecule has 0 amide bonds. The second-order valence-electron chi connectivity index (χ2n) is 4.75. The van der Waals surface area contributed by atoms with Gasteiger partial charge in [-0.15, -0.1) is 12.6 Å². The van der Waals surface area contributed by atoms with E-state index in [1.54, 1.807) is 12.4 Å². The predicted molar refractivity (Wildman–Crippen MR) is 89.7 cm³/mol. The molecule has 106 valence electrons. The Bertz CT molecular complexity index is 844. The minimum Gasteiger partial charge on any atom is -0.252 e. The fourth-order valence-corrected chi connectivity index (χ4v) is 2.01. The first-order valence-electron chi connectivity index (χ1n) is 6.78. The molecule has 3 rings (SSSR count). The lowest BCUT2D eigenvalue weighted by molar-refractivity contribution is 1.09. The van der Waals surface area contributed by atoms with Crippen molar-refractivity contribution in [1.82, 2.24) is 15.0 Å². The van der Waals surface area contributed by atoms with Crippen molar-refractivity contribution in [2.75, 3.05) is 0 Å². The largest absolute Gasteiger partial charge is 0.252 e. The van der Waals surface area contributed by atoms with Crippen molar-refractivity contribution in [1.29, 1.82) is 0 Å². The molecule has 2 aromatic heterocycles. The van der Waals surface area contributed by atoms with Crippen LogP contribution in [0.15, 0.2) is 59.8 Å². The summed E-state index contributed by atoms with van der Waals surface area (Å²) in [5, 5.41) is 0. The molecule has 0 aliphatic carbocycles. The van der Waals surface area contributed by atoms with Gasteiger partial charge in [-0.05, 0) is 49.4 Å². The molecule has 0 spiro atoms. The third-order valence-electron chi connectivity index (χ3n) is 3.01. The Kier molecular flexibility index (Phi) is 4.17. The number of benzene rings is 1. The summed E-state index contributed by atoms with van der Waals surface area (Å²) in [6, 6.07) is 13.4. The molecule has 0 aliphatic rings. The number of aryl methyl sites for hydroxylation is 1. The number of pyridine rings is 1. The van der Waals surface area contributed by atoms with Crippen molar-refractivity contribution in [3.05, 3.63) is 71.7 Å². The number of aromatic nitrogens is 3. The first kappa shape index (κ1) is 14.3. The van der Waals surface area contributed by atoms with E-state index in [0.29, 0.717) is 5.82 Å². The molecule has 0 bridgehead atoms. The Balaban J connectivity index is 1.82. The van der Waals surface area contributed by atoms with Crippen LogP contribution in [-0.2, 0) is 0 Å². The SMILES string of the molecule is Cc1ccnc(-c2ccc(C#Cc3ccc(S)cc3)cn2)n1. The van der Waals surface area contributed by atoms with Gasteiger partial charge in [0.15, 0.2) is 5.82 Å². The summed E-state index contributed by atoms with van der Waals surface area (Å²) in [4.78, 5) is 13.9. The molecule has 22 heavy (non-hydrogen) atoms. The summed E-state index contributed by atoms with van der Waals surface area (Å²) in [7, 11) is 0. The lowest BCUT2D eigenvalue weighted by atomic mass is 10.2. The van der Waals surface area contributed by atoms with Crippen LogP contribution < -0.4 is 0 Å². The zero-order valence-electron chi connectivity index (χ0n) is 12.0. The third kappa shape index (κ3) is 3.51. The zero-order valence-corrected chi connectivity index (χ0v) is 12.9. The lowest BCUT2D eigenvalue weighted by Gasteiger charge is -1.99.